The van der Waals surface area contributed by atoms with E-state index in [1.165, 1.54) is 5.57 Å². The first-order valence-corrected chi connectivity index (χ1v) is 15.2. The van der Waals surface area contributed by atoms with Gasteiger partial charge in [-0.15, -0.1) is 0 Å². The number of nitrogens with zero attached hydrogens (tertiary/aromatic N) is 4. The highest BCUT2D eigenvalue weighted by Crippen LogP contribution is 2.60. The standard InChI is InChI=1S/C24H25NO3.C11H15ClN4O2/c1-16(2)13-20-22(24(20,3)4)23(26)28-21(15-25)17-9-8-12-19(14-17)27-18-10-6-5-7-11-18;1-3-15(11(13-2)8-16(17)18)7-9-4-5-10(12)14-6-9/h5-14,20-22H,1-4H3;4-6,8,13H,3,7H2,1-2H3/b;11-8+. The van der Waals surface area contributed by atoms with E-state index in [1.54, 1.807) is 37.5 Å². The zero-order valence-corrected chi connectivity index (χ0v) is 27.7. The van der Waals surface area contributed by atoms with Crippen molar-refractivity contribution in [1.82, 2.24) is 15.2 Å². The SMILES string of the molecule is CC(C)=CC1C(C(=O)OC(C#N)c2cccc(Oc3ccccc3)c2)C1(C)C.CCN(Cc1ccc(Cl)nc1)/C(=C/[N+](=O)[O-])NC. The number of rotatable bonds is 12. The van der Waals surface area contributed by atoms with Crippen LogP contribution in [0, 0.1) is 38.7 Å². The van der Waals surface area contributed by atoms with Gasteiger partial charge in [0.25, 0.3) is 6.20 Å². The zero-order valence-electron chi connectivity index (χ0n) is 26.9. The van der Waals surface area contributed by atoms with E-state index in [0.29, 0.717) is 41.1 Å². The Morgan fingerprint density at radius 2 is 1.87 bits per heavy atom. The number of ether oxygens (including phenoxy) is 2. The van der Waals surface area contributed by atoms with Crippen molar-refractivity contribution in [3.8, 4) is 17.6 Å². The van der Waals surface area contributed by atoms with Crippen molar-refractivity contribution < 1.29 is 19.2 Å². The number of carbonyl (C=O) groups excluding carboxylic acids is 1. The van der Waals surface area contributed by atoms with E-state index >= 15 is 0 Å². The average molecular weight is 646 g/mol. The van der Waals surface area contributed by atoms with Crippen LogP contribution in [0.5, 0.6) is 11.5 Å². The van der Waals surface area contributed by atoms with Crippen LogP contribution in [0.2, 0.25) is 5.15 Å². The first-order chi connectivity index (χ1) is 21.9. The van der Waals surface area contributed by atoms with Crippen LogP contribution >= 0.6 is 11.6 Å². The van der Waals surface area contributed by atoms with Crippen molar-refractivity contribution in [2.24, 2.45) is 17.3 Å². The first-order valence-electron chi connectivity index (χ1n) is 14.9. The summed E-state index contributed by atoms with van der Waals surface area (Å²) in [5.41, 5.74) is 2.57. The lowest BCUT2D eigenvalue weighted by molar-refractivity contribution is -0.404. The third-order valence-corrected chi connectivity index (χ3v) is 7.76. The largest absolute Gasteiger partial charge is 0.457 e. The van der Waals surface area contributed by atoms with Crippen LogP contribution in [0.3, 0.4) is 0 Å². The smallest absolute Gasteiger partial charge is 0.311 e. The molecule has 1 aliphatic rings. The second-order valence-electron chi connectivity index (χ2n) is 11.6. The summed E-state index contributed by atoms with van der Waals surface area (Å²) in [6.45, 7) is 11.2. The molecule has 1 heterocycles. The number of nitriles is 1. The average Bonchev–Trinajstić information content (AvgIpc) is 3.57. The molecule has 0 spiro atoms. The molecular weight excluding hydrogens is 606 g/mol. The van der Waals surface area contributed by atoms with Crippen molar-refractivity contribution >= 4 is 17.6 Å². The van der Waals surface area contributed by atoms with Crippen molar-refractivity contribution in [2.75, 3.05) is 13.6 Å². The molecule has 1 N–H and O–H groups in total. The highest BCUT2D eigenvalue weighted by molar-refractivity contribution is 6.29. The van der Waals surface area contributed by atoms with Crippen LogP contribution in [0.15, 0.2) is 96.6 Å². The van der Waals surface area contributed by atoms with Crippen LogP contribution < -0.4 is 10.1 Å². The number of pyridine rings is 1. The number of allylic oxidation sites excluding steroid dienone is 2. The molecule has 3 aromatic rings. The van der Waals surface area contributed by atoms with E-state index in [9.17, 15) is 20.2 Å². The summed E-state index contributed by atoms with van der Waals surface area (Å²) in [5.74, 6) is 1.36. The highest BCUT2D eigenvalue weighted by atomic mass is 35.5. The van der Waals surface area contributed by atoms with E-state index in [1.807, 2.05) is 68.1 Å². The third kappa shape index (κ3) is 10.1. The van der Waals surface area contributed by atoms with Gasteiger partial charge < -0.3 is 19.7 Å². The summed E-state index contributed by atoms with van der Waals surface area (Å²) in [4.78, 5) is 28.6. The quantitative estimate of drug-likeness (QED) is 0.0692. The predicted molar refractivity (Wildman–Crippen MR) is 177 cm³/mol. The number of carbonyl (C=O) groups is 1. The van der Waals surface area contributed by atoms with Crippen LogP contribution in [-0.4, -0.2) is 34.4 Å². The van der Waals surface area contributed by atoms with Crippen molar-refractivity contribution in [1.29, 1.82) is 5.26 Å². The molecule has 10 nitrogen and oxygen atoms in total. The summed E-state index contributed by atoms with van der Waals surface area (Å²) < 4.78 is 11.4. The summed E-state index contributed by atoms with van der Waals surface area (Å²) in [5, 5.41) is 23.3. The Labute approximate surface area is 275 Å². The summed E-state index contributed by atoms with van der Waals surface area (Å²) in [6.07, 6.45) is 3.76. The minimum absolute atomic E-state index is 0.146. The maximum absolute atomic E-state index is 12.7. The molecule has 1 fully saturated rings. The number of para-hydroxylation sites is 1. The van der Waals surface area contributed by atoms with Gasteiger partial charge in [-0.3, -0.25) is 14.9 Å². The first kappa shape index (κ1) is 35.6. The Bertz CT molecular complexity index is 1580. The number of nitro groups is 1. The summed E-state index contributed by atoms with van der Waals surface area (Å²) in [6, 6.07) is 22.1. The summed E-state index contributed by atoms with van der Waals surface area (Å²) in [7, 11) is 1.65. The number of halogens is 1. The molecule has 3 atom stereocenters. The van der Waals surface area contributed by atoms with Gasteiger partial charge >= 0.3 is 5.97 Å². The Kier molecular flexibility index (Phi) is 12.7. The maximum atomic E-state index is 12.7. The molecule has 1 saturated carbocycles. The minimum atomic E-state index is -0.962. The van der Waals surface area contributed by atoms with E-state index in [4.69, 9.17) is 21.1 Å². The number of hydrogen-bond acceptors (Lipinski definition) is 9. The summed E-state index contributed by atoms with van der Waals surface area (Å²) >= 11 is 5.70. The van der Waals surface area contributed by atoms with Gasteiger partial charge in [-0.25, -0.2) is 4.98 Å². The molecule has 1 aliphatic carbocycles. The number of benzene rings is 2. The molecule has 0 radical (unpaired) electrons. The Morgan fingerprint density at radius 3 is 2.43 bits per heavy atom. The highest BCUT2D eigenvalue weighted by Gasteiger charge is 2.61. The monoisotopic (exact) mass is 645 g/mol. The van der Waals surface area contributed by atoms with Crippen LogP contribution in [0.1, 0.15) is 51.8 Å². The molecular formula is C35H40ClN5O5. The molecule has 0 bridgehead atoms. The van der Waals surface area contributed by atoms with Crippen LogP contribution in [0.25, 0.3) is 0 Å². The van der Waals surface area contributed by atoms with Gasteiger partial charge in [-0.05, 0) is 68.0 Å². The van der Waals surface area contributed by atoms with Gasteiger partial charge in [0.2, 0.25) is 6.10 Å². The molecule has 11 heteroatoms. The molecule has 0 aliphatic heterocycles. The fourth-order valence-electron chi connectivity index (χ4n) is 5.01. The van der Waals surface area contributed by atoms with Gasteiger partial charge in [0.1, 0.15) is 22.7 Å². The van der Waals surface area contributed by atoms with E-state index < -0.39 is 11.0 Å². The van der Waals surface area contributed by atoms with Gasteiger partial charge in [-0.2, -0.15) is 5.26 Å². The van der Waals surface area contributed by atoms with Crippen molar-refractivity contribution in [3.05, 3.63) is 123 Å². The van der Waals surface area contributed by atoms with Gasteiger partial charge in [-0.1, -0.05) is 73.5 Å². The predicted octanol–water partition coefficient (Wildman–Crippen LogP) is 7.68. The second-order valence-corrected chi connectivity index (χ2v) is 11.9. The molecule has 0 amide bonds. The van der Waals surface area contributed by atoms with Crippen LogP contribution in [0.4, 0.5) is 0 Å². The number of nitrogens with one attached hydrogen (secondary N) is 1. The molecule has 46 heavy (non-hydrogen) atoms. The lowest BCUT2D eigenvalue weighted by atomic mass is 10.1. The lowest BCUT2D eigenvalue weighted by Crippen LogP contribution is -2.30. The zero-order chi connectivity index (χ0) is 33.9. The fraction of sp³-hybridized carbons (Fsp3) is 0.343. The third-order valence-electron chi connectivity index (χ3n) is 7.54. The van der Waals surface area contributed by atoms with E-state index in [0.717, 1.165) is 11.8 Å². The normalized spacial score (nSPS) is 16.8. The van der Waals surface area contributed by atoms with Gasteiger partial charge in [0.05, 0.1) is 10.8 Å². The van der Waals surface area contributed by atoms with Crippen molar-refractivity contribution in [2.45, 2.75) is 47.3 Å². The maximum Gasteiger partial charge on any atom is 0.311 e. The van der Waals surface area contributed by atoms with Gasteiger partial charge in [0, 0.05) is 31.9 Å². The van der Waals surface area contributed by atoms with Crippen LogP contribution in [-0.2, 0) is 16.1 Å². The topological polar surface area (TPSA) is 131 Å². The number of hydrogen-bond donors (Lipinski definition) is 1. The fourth-order valence-corrected chi connectivity index (χ4v) is 5.13. The Balaban J connectivity index is 0.000000277. The van der Waals surface area contributed by atoms with Gasteiger partial charge in [0.15, 0.2) is 5.82 Å². The minimum Gasteiger partial charge on any atom is -0.457 e. The number of esters is 1. The Hall–Kier alpha value is -4.88. The molecule has 2 aromatic carbocycles. The molecule has 4 rings (SSSR count). The van der Waals surface area contributed by atoms with Crippen molar-refractivity contribution in [3.63, 3.8) is 0 Å². The molecule has 242 valence electrons. The number of aromatic nitrogens is 1. The molecule has 0 saturated heterocycles. The molecule has 1 aromatic heterocycles. The van der Waals surface area contributed by atoms with E-state index in [-0.39, 0.29) is 23.2 Å². The lowest BCUT2D eigenvalue weighted by Gasteiger charge is -2.23. The second kappa shape index (κ2) is 16.4. The molecule has 3 unspecified atom stereocenters. The Morgan fingerprint density at radius 1 is 1.17 bits per heavy atom. The van der Waals surface area contributed by atoms with E-state index in [2.05, 4.69) is 36.3 Å².